The predicted octanol–water partition coefficient (Wildman–Crippen LogP) is 2.47. The molecule has 1 N–H and O–H groups in total. The minimum Gasteiger partial charge on any atom is -0.469 e. The zero-order valence-electron chi connectivity index (χ0n) is 12.0. The molecule has 0 radical (unpaired) electrons. The number of furan rings is 1. The maximum Gasteiger partial charge on any atom is 0.267 e. The van der Waals surface area contributed by atoms with Crippen LogP contribution >= 0.6 is 0 Å². The molecule has 2 aromatic rings. The van der Waals surface area contributed by atoms with E-state index in [9.17, 15) is 22.0 Å². The molecular formula is C15H13F2NO4S. The Morgan fingerprint density at radius 3 is 2.70 bits per heavy atom. The van der Waals surface area contributed by atoms with Crippen LogP contribution in [0.1, 0.15) is 23.7 Å². The summed E-state index contributed by atoms with van der Waals surface area (Å²) in [6.07, 6.45) is 1.91. The molecule has 1 fully saturated rings. The Morgan fingerprint density at radius 2 is 2.04 bits per heavy atom. The summed E-state index contributed by atoms with van der Waals surface area (Å²) in [4.78, 5) is 11.1. The Morgan fingerprint density at radius 1 is 1.30 bits per heavy atom. The summed E-state index contributed by atoms with van der Waals surface area (Å²) in [5.74, 6) is -2.89. The van der Waals surface area contributed by atoms with Gasteiger partial charge in [0, 0.05) is 11.8 Å². The van der Waals surface area contributed by atoms with Gasteiger partial charge in [-0.3, -0.25) is 4.79 Å². The van der Waals surface area contributed by atoms with Gasteiger partial charge in [-0.15, -0.1) is 0 Å². The van der Waals surface area contributed by atoms with Gasteiger partial charge in [0.15, 0.2) is 0 Å². The molecule has 0 aliphatic heterocycles. The second-order valence-corrected chi connectivity index (χ2v) is 7.12. The highest BCUT2D eigenvalue weighted by Crippen LogP contribution is 2.47. The Labute approximate surface area is 131 Å². The lowest BCUT2D eigenvalue weighted by Crippen LogP contribution is -2.32. The molecule has 1 aromatic heterocycles. The topological polar surface area (TPSA) is 76.4 Å². The summed E-state index contributed by atoms with van der Waals surface area (Å²) in [6, 6.07) is 4.71. The summed E-state index contributed by atoms with van der Waals surface area (Å²) < 4.78 is 58.4. The number of hydrogen-bond donors (Lipinski definition) is 1. The van der Waals surface area contributed by atoms with Crippen molar-refractivity contribution in [2.24, 2.45) is 5.92 Å². The quantitative estimate of drug-likeness (QED) is 0.927. The molecule has 0 spiro atoms. The molecule has 5 nitrogen and oxygen atoms in total. The highest BCUT2D eigenvalue weighted by Gasteiger charge is 2.47. The summed E-state index contributed by atoms with van der Waals surface area (Å²) in [5, 5.41) is 0. The van der Waals surface area contributed by atoms with E-state index in [-0.39, 0.29) is 11.5 Å². The van der Waals surface area contributed by atoms with Crippen molar-refractivity contribution in [1.29, 1.82) is 0 Å². The first-order valence-electron chi connectivity index (χ1n) is 6.85. The lowest BCUT2D eigenvalue weighted by Gasteiger charge is -2.08. The van der Waals surface area contributed by atoms with Crippen LogP contribution in [0.3, 0.4) is 0 Å². The number of hydrogen-bond acceptors (Lipinski definition) is 4. The fourth-order valence-corrected chi connectivity index (χ4v) is 3.50. The molecule has 1 aliphatic carbocycles. The van der Waals surface area contributed by atoms with Crippen molar-refractivity contribution in [3.05, 3.63) is 53.5 Å². The van der Waals surface area contributed by atoms with Crippen molar-refractivity contribution in [1.82, 2.24) is 4.72 Å². The monoisotopic (exact) mass is 341 g/mol. The number of rotatable bonds is 4. The van der Waals surface area contributed by atoms with Crippen LogP contribution in [0, 0.1) is 24.5 Å². The Kier molecular flexibility index (Phi) is 3.71. The summed E-state index contributed by atoms with van der Waals surface area (Å²) in [5.41, 5.74) is -0.0205. The highest BCUT2D eigenvalue weighted by molar-refractivity contribution is 7.90. The van der Waals surface area contributed by atoms with Gasteiger partial charge in [0.05, 0.1) is 6.26 Å². The Balaban J connectivity index is 1.77. The number of benzene rings is 1. The number of carbonyl (C=O) groups is 1. The molecule has 0 bridgehead atoms. The van der Waals surface area contributed by atoms with Gasteiger partial charge in [-0.25, -0.2) is 21.9 Å². The average molecular weight is 341 g/mol. The van der Waals surface area contributed by atoms with Crippen molar-refractivity contribution >= 4 is 15.9 Å². The zero-order chi connectivity index (χ0) is 16.8. The third-order valence-electron chi connectivity index (χ3n) is 3.77. The number of sulfonamides is 1. The second-order valence-electron chi connectivity index (χ2n) is 5.47. The number of halogens is 2. The smallest absolute Gasteiger partial charge is 0.267 e. The normalized spacial score (nSPS) is 20.3. The average Bonchev–Trinajstić information content (AvgIpc) is 3.09. The molecule has 1 aromatic carbocycles. The lowest BCUT2D eigenvalue weighted by molar-refractivity contribution is -0.120. The van der Waals surface area contributed by atoms with Crippen molar-refractivity contribution in [2.75, 3.05) is 0 Å². The largest absolute Gasteiger partial charge is 0.469 e. The van der Waals surface area contributed by atoms with E-state index in [4.69, 9.17) is 4.42 Å². The fraction of sp³-hybridized carbons (Fsp3) is 0.267. The third-order valence-corrected chi connectivity index (χ3v) is 5.14. The molecule has 1 saturated carbocycles. The SMILES string of the molecule is Cc1cc(F)c(S(=O)(=O)NC(=O)[C@@H]2C[C@H]2c2ccco2)cc1F. The minimum absolute atomic E-state index is 0.0205. The first-order chi connectivity index (χ1) is 10.8. The van der Waals surface area contributed by atoms with Crippen LogP contribution in [0.15, 0.2) is 39.8 Å². The lowest BCUT2D eigenvalue weighted by atomic mass is 10.2. The number of carbonyl (C=O) groups excluding carboxylic acids is 1. The third kappa shape index (κ3) is 2.98. The Bertz CT molecular complexity index is 862. The van der Waals surface area contributed by atoms with Crippen molar-refractivity contribution in [3.8, 4) is 0 Å². The van der Waals surface area contributed by atoms with Crippen LogP contribution in [0.4, 0.5) is 8.78 Å². The van der Waals surface area contributed by atoms with Crippen LogP contribution in [0.25, 0.3) is 0 Å². The number of amides is 1. The van der Waals surface area contributed by atoms with Gasteiger partial charge in [0.2, 0.25) is 5.91 Å². The van der Waals surface area contributed by atoms with Crippen molar-refractivity contribution in [2.45, 2.75) is 24.2 Å². The molecule has 3 rings (SSSR count). The van der Waals surface area contributed by atoms with Crippen LogP contribution in [-0.4, -0.2) is 14.3 Å². The van der Waals surface area contributed by atoms with Crippen LogP contribution in [0.2, 0.25) is 0 Å². The summed E-state index contributed by atoms with van der Waals surface area (Å²) in [7, 11) is -4.47. The molecule has 0 unspecified atom stereocenters. The van der Waals surface area contributed by atoms with Gasteiger partial charge in [-0.05, 0) is 43.2 Å². The van der Waals surface area contributed by atoms with Gasteiger partial charge >= 0.3 is 0 Å². The van der Waals surface area contributed by atoms with E-state index in [1.807, 2.05) is 0 Å². The maximum atomic E-state index is 13.8. The first kappa shape index (κ1) is 15.7. The predicted molar refractivity (Wildman–Crippen MR) is 76.0 cm³/mol. The maximum absolute atomic E-state index is 13.8. The second kappa shape index (κ2) is 5.45. The number of nitrogens with one attached hydrogen (secondary N) is 1. The molecule has 122 valence electrons. The molecule has 2 atom stereocenters. The van der Waals surface area contributed by atoms with E-state index < -0.39 is 38.4 Å². The van der Waals surface area contributed by atoms with E-state index in [1.165, 1.54) is 13.2 Å². The molecule has 0 saturated heterocycles. The Hall–Kier alpha value is -2.22. The molecule has 8 heteroatoms. The summed E-state index contributed by atoms with van der Waals surface area (Å²) >= 11 is 0. The van der Waals surface area contributed by atoms with E-state index in [1.54, 1.807) is 16.9 Å². The van der Waals surface area contributed by atoms with E-state index in [2.05, 4.69) is 0 Å². The molecule has 1 heterocycles. The first-order valence-corrected chi connectivity index (χ1v) is 8.33. The van der Waals surface area contributed by atoms with Gasteiger partial charge < -0.3 is 4.42 Å². The van der Waals surface area contributed by atoms with E-state index in [0.29, 0.717) is 18.2 Å². The molecule has 1 aliphatic rings. The standard InChI is InChI=1S/C15H13F2NO4S/c1-8-5-12(17)14(7-11(8)16)23(20,21)18-15(19)10-6-9(10)13-3-2-4-22-13/h2-5,7,9-10H,6H2,1H3,(H,18,19)/t9-,10-/m1/s1. The molecule has 1 amide bonds. The van der Waals surface area contributed by atoms with E-state index in [0.717, 1.165) is 6.07 Å². The van der Waals surface area contributed by atoms with Crippen LogP contribution < -0.4 is 4.72 Å². The molecular weight excluding hydrogens is 328 g/mol. The van der Waals surface area contributed by atoms with Crippen LogP contribution in [-0.2, 0) is 14.8 Å². The van der Waals surface area contributed by atoms with E-state index >= 15 is 0 Å². The van der Waals surface area contributed by atoms with Gasteiger partial charge in [0.25, 0.3) is 10.0 Å². The highest BCUT2D eigenvalue weighted by atomic mass is 32.2. The van der Waals surface area contributed by atoms with Crippen LogP contribution in [0.5, 0.6) is 0 Å². The van der Waals surface area contributed by atoms with Gasteiger partial charge in [-0.1, -0.05) is 0 Å². The van der Waals surface area contributed by atoms with Gasteiger partial charge in [0.1, 0.15) is 22.3 Å². The van der Waals surface area contributed by atoms with Crippen molar-refractivity contribution in [3.63, 3.8) is 0 Å². The molecule has 23 heavy (non-hydrogen) atoms. The fourth-order valence-electron chi connectivity index (χ4n) is 2.40. The van der Waals surface area contributed by atoms with Gasteiger partial charge in [-0.2, -0.15) is 0 Å². The summed E-state index contributed by atoms with van der Waals surface area (Å²) in [6.45, 7) is 1.31. The number of aryl methyl sites for hydroxylation is 1. The zero-order valence-corrected chi connectivity index (χ0v) is 12.9. The minimum atomic E-state index is -4.47. The van der Waals surface area contributed by atoms with Crippen molar-refractivity contribution < 1.29 is 26.4 Å².